The van der Waals surface area contributed by atoms with Gasteiger partial charge in [0.15, 0.2) is 0 Å². The molecule has 0 aliphatic heterocycles. The summed E-state index contributed by atoms with van der Waals surface area (Å²) in [5.41, 5.74) is 5.36. The van der Waals surface area contributed by atoms with Gasteiger partial charge in [0.1, 0.15) is 0 Å². The molecule has 1 heterocycles. The van der Waals surface area contributed by atoms with Gasteiger partial charge in [0.25, 0.3) is 0 Å². The molecule has 1 aromatic heterocycles. The molecule has 0 aliphatic carbocycles. The highest BCUT2D eigenvalue weighted by Crippen LogP contribution is 2.07. The van der Waals surface area contributed by atoms with Crippen molar-refractivity contribution in [2.75, 3.05) is 0 Å². The van der Waals surface area contributed by atoms with Crippen LogP contribution >= 0.6 is 0 Å². The van der Waals surface area contributed by atoms with E-state index in [-0.39, 0.29) is 6.04 Å². The number of rotatable bonds is 5. The summed E-state index contributed by atoms with van der Waals surface area (Å²) in [4.78, 5) is 0. The lowest BCUT2D eigenvalue weighted by Gasteiger charge is -2.14. The van der Waals surface area contributed by atoms with Crippen molar-refractivity contribution in [3.63, 3.8) is 0 Å². The number of benzene rings is 1. The van der Waals surface area contributed by atoms with E-state index in [0.29, 0.717) is 0 Å². The van der Waals surface area contributed by atoms with Crippen LogP contribution in [-0.4, -0.2) is 15.8 Å². The Morgan fingerprint density at radius 1 is 1.24 bits per heavy atom. The minimum atomic E-state index is 0.238. The molecule has 90 valence electrons. The van der Waals surface area contributed by atoms with Crippen LogP contribution in [0.25, 0.3) is 0 Å². The summed E-state index contributed by atoms with van der Waals surface area (Å²) in [7, 11) is 1.92. The summed E-state index contributed by atoms with van der Waals surface area (Å²) >= 11 is 0. The molecular weight excluding hydrogens is 212 g/mol. The second-order valence-corrected chi connectivity index (χ2v) is 4.28. The Labute approximate surface area is 101 Å². The van der Waals surface area contributed by atoms with E-state index in [9.17, 15) is 0 Å². The first-order chi connectivity index (χ1) is 8.28. The number of nitrogens with zero attached hydrogens (tertiary/aromatic N) is 2. The molecule has 17 heavy (non-hydrogen) atoms. The van der Waals surface area contributed by atoms with Crippen LogP contribution in [0.2, 0.25) is 0 Å². The van der Waals surface area contributed by atoms with Gasteiger partial charge >= 0.3 is 0 Å². The first-order valence-electron chi connectivity index (χ1n) is 5.75. The van der Waals surface area contributed by atoms with Gasteiger partial charge in [0, 0.05) is 19.3 Å². The quantitative estimate of drug-likeness (QED) is 0.596. The van der Waals surface area contributed by atoms with Gasteiger partial charge in [-0.15, -0.1) is 0 Å². The van der Waals surface area contributed by atoms with Crippen molar-refractivity contribution in [3.8, 4) is 0 Å². The van der Waals surface area contributed by atoms with E-state index in [0.717, 1.165) is 12.8 Å². The van der Waals surface area contributed by atoms with Crippen LogP contribution in [0.3, 0.4) is 0 Å². The predicted molar refractivity (Wildman–Crippen MR) is 68.2 cm³/mol. The summed E-state index contributed by atoms with van der Waals surface area (Å²) in [6.45, 7) is 0. The molecule has 4 heteroatoms. The largest absolute Gasteiger partial charge is 0.276 e. The van der Waals surface area contributed by atoms with Crippen molar-refractivity contribution < 1.29 is 0 Å². The smallest absolute Gasteiger partial charge is 0.0522 e. The van der Waals surface area contributed by atoms with E-state index < -0.39 is 0 Å². The van der Waals surface area contributed by atoms with Crippen LogP contribution in [0.5, 0.6) is 0 Å². The third kappa shape index (κ3) is 3.41. The number of nitrogens with two attached hydrogens (primary N) is 1. The number of aryl methyl sites for hydroxylation is 1. The third-order valence-corrected chi connectivity index (χ3v) is 2.80. The molecule has 0 fully saturated rings. The van der Waals surface area contributed by atoms with Crippen molar-refractivity contribution >= 4 is 0 Å². The molecule has 3 N–H and O–H groups in total. The van der Waals surface area contributed by atoms with Gasteiger partial charge in [-0.2, -0.15) is 5.10 Å². The average molecular weight is 230 g/mol. The van der Waals surface area contributed by atoms with Crippen LogP contribution in [0.4, 0.5) is 0 Å². The topological polar surface area (TPSA) is 55.9 Å². The molecule has 4 nitrogen and oxygen atoms in total. The lowest BCUT2D eigenvalue weighted by molar-refractivity contribution is 0.522. The molecule has 0 saturated carbocycles. The van der Waals surface area contributed by atoms with Crippen LogP contribution in [0.15, 0.2) is 42.7 Å². The van der Waals surface area contributed by atoms with Crippen molar-refractivity contribution in [2.24, 2.45) is 12.9 Å². The van der Waals surface area contributed by atoms with Gasteiger partial charge in [-0.05, 0) is 24.0 Å². The van der Waals surface area contributed by atoms with Gasteiger partial charge in [-0.3, -0.25) is 16.0 Å². The normalized spacial score (nSPS) is 12.6. The summed E-state index contributed by atoms with van der Waals surface area (Å²) in [6.07, 6.45) is 5.72. The number of hydrazine groups is 1. The lowest BCUT2D eigenvalue weighted by Crippen LogP contribution is -2.38. The highest BCUT2D eigenvalue weighted by atomic mass is 15.2. The SMILES string of the molecule is Cn1cc(CC(Cc2ccccc2)NN)cn1. The molecule has 0 saturated heterocycles. The van der Waals surface area contributed by atoms with E-state index in [2.05, 4.69) is 22.7 Å². The second-order valence-electron chi connectivity index (χ2n) is 4.28. The Morgan fingerprint density at radius 3 is 2.53 bits per heavy atom. The molecule has 0 spiro atoms. The van der Waals surface area contributed by atoms with E-state index in [1.54, 1.807) is 0 Å². The molecule has 0 bridgehead atoms. The Kier molecular flexibility index (Phi) is 3.90. The Bertz CT molecular complexity index is 449. The van der Waals surface area contributed by atoms with Crippen LogP contribution in [0.1, 0.15) is 11.1 Å². The van der Waals surface area contributed by atoms with Gasteiger partial charge in [-0.25, -0.2) is 0 Å². The van der Waals surface area contributed by atoms with Crippen molar-refractivity contribution in [2.45, 2.75) is 18.9 Å². The molecule has 1 unspecified atom stereocenters. The Morgan fingerprint density at radius 2 is 1.94 bits per heavy atom. The molecule has 0 amide bonds. The highest BCUT2D eigenvalue weighted by Gasteiger charge is 2.09. The number of hydrogen-bond acceptors (Lipinski definition) is 3. The fourth-order valence-corrected chi connectivity index (χ4v) is 1.95. The molecule has 0 aliphatic rings. The van der Waals surface area contributed by atoms with Crippen molar-refractivity contribution in [3.05, 3.63) is 53.9 Å². The molecule has 1 atom stereocenters. The maximum atomic E-state index is 5.60. The van der Waals surface area contributed by atoms with Crippen LogP contribution in [0, 0.1) is 0 Å². The van der Waals surface area contributed by atoms with Gasteiger partial charge in [0.05, 0.1) is 6.20 Å². The van der Waals surface area contributed by atoms with E-state index in [1.165, 1.54) is 11.1 Å². The van der Waals surface area contributed by atoms with E-state index >= 15 is 0 Å². The summed E-state index contributed by atoms with van der Waals surface area (Å²) < 4.78 is 1.81. The van der Waals surface area contributed by atoms with E-state index in [1.807, 2.05) is 42.3 Å². The zero-order chi connectivity index (χ0) is 12.1. The van der Waals surface area contributed by atoms with Crippen molar-refractivity contribution in [1.29, 1.82) is 0 Å². The first-order valence-corrected chi connectivity index (χ1v) is 5.75. The zero-order valence-corrected chi connectivity index (χ0v) is 10.0. The molecule has 2 rings (SSSR count). The molecule has 1 aromatic carbocycles. The maximum Gasteiger partial charge on any atom is 0.0522 e. The average Bonchev–Trinajstić information content (AvgIpc) is 2.75. The maximum absolute atomic E-state index is 5.60. The standard InChI is InChI=1S/C13H18N4/c1-17-10-12(9-15-17)8-13(16-14)7-11-5-3-2-4-6-11/h2-6,9-10,13,16H,7-8,14H2,1H3. The number of nitrogens with one attached hydrogen (secondary N) is 1. The Hall–Kier alpha value is -1.65. The molecule has 0 radical (unpaired) electrons. The Balaban J connectivity index is 1.98. The minimum Gasteiger partial charge on any atom is -0.276 e. The third-order valence-electron chi connectivity index (χ3n) is 2.80. The lowest BCUT2D eigenvalue weighted by atomic mass is 10.0. The van der Waals surface area contributed by atoms with Gasteiger partial charge in [0.2, 0.25) is 0 Å². The molecular formula is C13H18N4. The summed E-state index contributed by atoms with van der Waals surface area (Å²) in [5.74, 6) is 5.60. The van der Waals surface area contributed by atoms with Crippen LogP contribution < -0.4 is 11.3 Å². The predicted octanol–water partition coefficient (Wildman–Crippen LogP) is 1.04. The monoisotopic (exact) mass is 230 g/mol. The van der Waals surface area contributed by atoms with E-state index in [4.69, 9.17) is 5.84 Å². The first kappa shape index (κ1) is 11.8. The van der Waals surface area contributed by atoms with Crippen molar-refractivity contribution in [1.82, 2.24) is 15.2 Å². The molecule has 2 aromatic rings. The highest BCUT2D eigenvalue weighted by molar-refractivity contribution is 5.17. The number of aromatic nitrogens is 2. The van der Waals surface area contributed by atoms with Crippen LogP contribution in [-0.2, 0) is 19.9 Å². The number of hydrogen-bond donors (Lipinski definition) is 2. The van der Waals surface area contributed by atoms with Gasteiger partial charge in [-0.1, -0.05) is 30.3 Å². The summed E-state index contributed by atoms with van der Waals surface area (Å²) in [6, 6.07) is 10.6. The second kappa shape index (κ2) is 5.61. The summed E-state index contributed by atoms with van der Waals surface area (Å²) in [5, 5.41) is 4.16. The van der Waals surface area contributed by atoms with Gasteiger partial charge < -0.3 is 0 Å². The fourth-order valence-electron chi connectivity index (χ4n) is 1.95. The fraction of sp³-hybridized carbons (Fsp3) is 0.308. The minimum absolute atomic E-state index is 0.238. The zero-order valence-electron chi connectivity index (χ0n) is 10.0.